The van der Waals surface area contributed by atoms with Gasteiger partial charge in [0.1, 0.15) is 31.7 Å². The van der Waals surface area contributed by atoms with Crippen LogP contribution in [0.1, 0.15) is 31.8 Å². The highest BCUT2D eigenvalue weighted by Gasteiger charge is 2.31. The maximum atomic E-state index is 13.2. The van der Waals surface area contributed by atoms with Crippen molar-refractivity contribution in [2.45, 2.75) is 0 Å². The summed E-state index contributed by atoms with van der Waals surface area (Å²) in [6, 6.07) is 23.8. The van der Waals surface area contributed by atoms with E-state index >= 15 is 0 Å². The average Bonchev–Trinajstić information content (AvgIpc) is 3.07. The smallest absolute Gasteiger partial charge is 0.323 e. The van der Waals surface area contributed by atoms with Gasteiger partial charge in [-0.3, -0.25) is 20.4 Å². The number of Topliss-reactive ketones (excluding diaryl/α,β-unsaturated/α-hetero) is 2. The van der Waals surface area contributed by atoms with E-state index in [2.05, 4.69) is 31.7 Å². The van der Waals surface area contributed by atoms with Gasteiger partial charge in [0.15, 0.2) is 0 Å². The average molecular weight is 711 g/mol. The molecule has 4 N–H and O–H groups in total. The Hall–Kier alpha value is -6.27. The van der Waals surface area contributed by atoms with E-state index in [-0.39, 0.29) is 33.6 Å². The van der Waals surface area contributed by atoms with Crippen LogP contribution in [0, 0.1) is 0 Å². The Balaban J connectivity index is 1.22. The molecule has 2 aliphatic carbocycles. The standard InChI is InChI=1S/C33H24N6O9S2/c40-31-25-13-11-23(15-19(25)17-27(49(43,44)45)29(31)38-36-21-7-3-1-4-8-21)34-33(42)35-24-12-14-26-20(16-24)18-28(50(46,47)48)30(32(26)41)39-37-22-9-5-2-6-10-22/h1-18,36-37H,(H2,34,35,42)(H,43,44,45)(H,46,47,48)/p-2. The van der Waals surface area contributed by atoms with Crippen molar-refractivity contribution in [1.82, 2.24) is 0 Å². The molecule has 50 heavy (non-hydrogen) atoms. The fraction of sp³-hybridized carbons (Fsp3) is 0. The predicted molar refractivity (Wildman–Crippen MR) is 185 cm³/mol. The van der Waals surface area contributed by atoms with E-state index in [4.69, 9.17) is 0 Å². The lowest BCUT2D eigenvalue weighted by Crippen LogP contribution is -2.28. The Morgan fingerprint density at radius 3 is 1.28 bits per heavy atom. The number of rotatable bonds is 8. The van der Waals surface area contributed by atoms with Gasteiger partial charge in [0.2, 0.25) is 11.6 Å². The number of amides is 2. The number of anilines is 4. The van der Waals surface area contributed by atoms with Gasteiger partial charge in [-0.05, 0) is 83.9 Å². The van der Waals surface area contributed by atoms with Crippen LogP contribution in [0.25, 0.3) is 12.2 Å². The number of carbonyl (C=O) groups is 3. The number of allylic oxidation sites excluding steroid dienone is 2. The van der Waals surface area contributed by atoms with Crippen LogP contribution in [0.4, 0.5) is 27.5 Å². The van der Waals surface area contributed by atoms with Crippen LogP contribution < -0.4 is 21.5 Å². The van der Waals surface area contributed by atoms with Gasteiger partial charge < -0.3 is 19.7 Å². The van der Waals surface area contributed by atoms with Gasteiger partial charge in [-0.1, -0.05) is 36.4 Å². The quantitative estimate of drug-likeness (QED) is 0.147. The van der Waals surface area contributed by atoms with Crippen molar-refractivity contribution in [3.8, 4) is 0 Å². The molecule has 0 fully saturated rings. The van der Waals surface area contributed by atoms with Crippen molar-refractivity contribution in [3.63, 3.8) is 0 Å². The third-order valence-corrected chi connectivity index (χ3v) is 8.96. The second-order valence-corrected chi connectivity index (χ2v) is 13.3. The molecule has 252 valence electrons. The predicted octanol–water partition coefficient (Wildman–Crippen LogP) is 4.43. The second kappa shape index (κ2) is 13.3. The Kier molecular flexibility index (Phi) is 8.96. The number of carbonyl (C=O) groups excluding carboxylic acids is 3. The molecular weight excluding hydrogens is 689 g/mol. The van der Waals surface area contributed by atoms with E-state index in [1.807, 2.05) is 0 Å². The fourth-order valence-electron chi connectivity index (χ4n) is 4.98. The minimum atomic E-state index is -5.15. The SMILES string of the molecule is O=C(Nc1ccc2c(c1)C=C(S(=O)(=O)[O-])C(=NNc1ccccc1)C2=O)Nc1ccc2c(c1)C=C(S(=O)(=O)[O-])C(=NNc1ccccc1)C2=O. The number of nitrogens with one attached hydrogen (secondary N) is 4. The first-order valence-corrected chi connectivity index (χ1v) is 17.2. The lowest BCUT2D eigenvalue weighted by atomic mass is 9.94. The Morgan fingerprint density at radius 1 is 0.540 bits per heavy atom. The number of hydrogen-bond donors (Lipinski definition) is 4. The molecule has 0 saturated carbocycles. The minimum absolute atomic E-state index is 0.0223. The molecule has 0 unspecified atom stereocenters. The van der Waals surface area contributed by atoms with Crippen molar-refractivity contribution in [2.24, 2.45) is 10.2 Å². The molecular formula is C33H22N6O9S2-2. The molecule has 15 nitrogen and oxygen atoms in total. The van der Waals surface area contributed by atoms with E-state index in [0.29, 0.717) is 11.4 Å². The lowest BCUT2D eigenvalue weighted by molar-refractivity contribution is 0.105. The zero-order valence-corrected chi connectivity index (χ0v) is 26.9. The van der Waals surface area contributed by atoms with Crippen LogP contribution in [-0.4, -0.2) is 55.0 Å². The van der Waals surface area contributed by atoms with E-state index in [9.17, 15) is 40.3 Å². The van der Waals surface area contributed by atoms with Crippen LogP contribution in [0.15, 0.2) is 117 Å². The highest BCUT2D eigenvalue weighted by Crippen LogP contribution is 2.30. The van der Waals surface area contributed by atoms with Gasteiger partial charge >= 0.3 is 6.03 Å². The Bertz CT molecular complexity index is 2260. The van der Waals surface area contributed by atoms with Crippen LogP contribution in [0.2, 0.25) is 0 Å². The third kappa shape index (κ3) is 7.25. The summed E-state index contributed by atoms with van der Waals surface area (Å²) in [7, 11) is -10.3. The number of ketones is 2. The van der Waals surface area contributed by atoms with E-state index < -0.39 is 59.1 Å². The summed E-state index contributed by atoms with van der Waals surface area (Å²) in [6.07, 6.45) is 1.96. The minimum Gasteiger partial charge on any atom is -0.744 e. The lowest BCUT2D eigenvalue weighted by Gasteiger charge is -2.21. The maximum absolute atomic E-state index is 13.2. The number of hydrazone groups is 2. The number of urea groups is 1. The number of fused-ring (bicyclic) bond motifs is 2. The zero-order chi connectivity index (χ0) is 35.6. The summed E-state index contributed by atoms with van der Waals surface area (Å²) in [4.78, 5) is 37.6. The highest BCUT2D eigenvalue weighted by atomic mass is 32.2. The molecule has 0 bridgehead atoms. The van der Waals surface area contributed by atoms with Crippen molar-refractivity contribution in [3.05, 3.63) is 129 Å². The first-order chi connectivity index (χ1) is 23.8. The summed E-state index contributed by atoms with van der Waals surface area (Å²) in [5.74, 6) is -1.67. The Labute approximate surface area is 284 Å². The van der Waals surface area contributed by atoms with Crippen LogP contribution in [-0.2, 0) is 20.2 Å². The van der Waals surface area contributed by atoms with Crippen molar-refractivity contribution in [2.75, 3.05) is 21.5 Å². The summed E-state index contributed by atoms with van der Waals surface area (Å²) in [6.45, 7) is 0. The number of nitrogens with zero attached hydrogens (tertiary/aromatic N) is 2. The third-order valence-electron chi connectivity index (χ3n) is 7.26. The normalized spacial score (nSPS) is 15.8. The molecule has 17 heteroatoms. The number of benzene rings is 4. The molecule has 0 aromatic heterocycles. The van der Waals surface area contributed by atoms with Gasteiger partial charge in [0.25, 0.3) is 0 Å². The molecule has 0 spiro atoms. The molecule has 0 saturated heterocycles. The fourth-order valence-corrected chi connectivity index (χ4v) is 6.28. The zero-order valence-electron chi connectivity index (χ0n) is 25.3. The number of hydrogen-bond acceptors (Lipinski definition) is 13. The number of para-hydroxylation sites is 2. The van der Waals surface area contributed by atoms with Gasteiger partial charge in [-0.15, -0.1) is 0 Å². The molecule has 4 aromatic carbocycles. The molecule has 6 rings (SSSR count). The molecule has 0 heterocycles. The van der Waals surface area contributed by atoms with Crippen molar-refractivity contribution < 1.29 is 40.3 Å². The monoisotopic (exact) mass is 710 g/mol. The van der Waals surface area contributed by atoms with Crippen molar-refractivity contribution >= 4 is 84.2 Å². The maximum Gasteiger partial charge on any atom is 0.323 e. The van der Waals surface area contributed by atoms with Gasteiger partial charge in [0, 0.05) is 22.5 Å². The molecule has 2 aliphatic rings. The second-order valence-electron chi connectivity index (χ2n) is 10.6. The molecule has 2 amide bonds. The molecule has 0 atom stereocenters. The van der Waals surface area contributed by atoms with Gasteiger partial charge in [-0.25, -0.2) is 21.6 Å². The van der Waals surface area contributed by atoms with Crippen LogP contribution in [0.3, 0.4) is 0 Å². The highest BCUT2D eigenvalue weighted by molar-refractivity contribution is 7.91. The van der Waals surface area contributed by atoms with E-state index in [1.54, 1.807) is 60.7 Å². The van der Waals surface area contributed by atoms with Gasteiger partial charge in [-0.2, -0.15) is 10.2 Å². The molecule has 0 aliphatic heterocycles. The van der Waals surface area contributed by atoms with Crippen LogP contribution in [0.5, 0.6) is 0 Å². The van der Waals surface area contributed by atoms with Gasteiger partial charge in [0.05, 0.1) is 21.2 Å². The van der Waals surface area contributed by atoms with Crippen molar-refractivity contribution in [1.29, 1.82) is 0 Å². The Morgan fingerprint density at radius 2 is 0.920 bits per heavy atom. The summed E-state index contributed by atoms with van der Waals surface area (Å²) >= 11 is 0. The summed E-state index contributed by atoms with van der Waals surface area (Å²) in [5, 5.41) is 12.8. The molecule has 0 radical (unpaired) electrons. The summed E-state index contributed by atoms with van der Waals surface area (Å²) in [5.41, 5.74) is 5.13. The first-order valence-electron chi connectivity index (χ1n) is 14.4. The molecule has 4 aromatic rings. The van der Waals surface area contributed by atoms with E-state index in [0.717, 1.165) is 12.2 Å². The summed E-state index contributed by atoms with van der Waals surface area (Å²) < 4.78 is 72.5. The van der Waals surface area contributed by atoms with Crippen LogP contribution >= 0.6 is 0 Å². The van der Waals surface area contributed by atoms with E-state index in [1.165, 1.54) is 36.4 Å². The topological polar surface area (TPSA) is 238 Å². The first kappa shape index (κ1) is 33.6. The largest absolute Gasteiger partial charge is 0.744 e.